The molecule has 6 heteroatoms. The van der Waals surface area contributed by atoms with Crippen LogP contribution < -0.4 is 0 Å². The monoisotopic (exact) mass is 1120 g/mol. The lowest BCUT2D eigenvalue weighted by Gasteiger charge is -2.18. The van der Waals surface area contributed by atoms with Crippen LogP contribution in [0, 0.1) is 0 Å². The van der Waals surface area contributed by atoms with Gasteiger partial charge in [-0.1, -0.05) is 310 Å². The predicted molar refractivity (Wildman–Crippen MR) is 353 cm³/mol. The first kappa shape index (κ1) is 77.1. The number of carbonyl (C=O) groups excluding carboxylic acids is 3. The third-order valence-electron chi connectivity index (χ3n) is 14.8. The number of carbonyl (C=O) groups is 3. The largest absolute Gasteiger partial charge is 0.462 e. The smallest absolute Gasteiger partial charge is 0.306 e. The fourth-order valence-electron chi connectivity index (χ4n) is 9.63. The standard InChI is InChI=1S/C75H128O6/c1-4-7-10-13-16-19-22-25-28-30-32-34-35-36-37-38-39-41-42-44-47-50-53-56-59-62-65-68-74(77)80-71-72(70-79-73(76)67-64-61-58-55-52-49-46-27-24-21-18-15-12-9-6-3)81-75(78)69-66-63-60-57-54-51-48-45-43-40-33-31-29-26-23-20-17-14-11-8-5-2/h7,10,16,19,25,28,31-34,36-37,39,41,44,47,53,56,72H,4-6,8-9,11-15,17-18,20-24,26-27,29-30,35,38,40,42-43,45-46,48-52,54-55,57-71H2,1-3H3/b10-7-,19-16-,28-25-,33-31-,34-32-,37-36-,41-39-,47-44-,56-53-. The highest BCUT2D eigenvalue weighted by Crippen LogP contribution is 2.17. The van der Waals surface area contributed by atoms with Crippen LogP contribution >= 0.6 is 0 Å². The Morgan fingerprint density at radius 1 is 0.259 bits per heavy atom. The van der Waals surface area contributed by atoms with E-state index in [2.05, 4.69) is 130 Å². The average molecular weight is 1130 g/mol. The predicted octanol–water partition coefficient (Wildman–Crippen LogP) is 23.8. The summed E-state index contributed by atoms with van der Waals surface area (Å²) in [4.78, 5) is 38.4. The van der Waals surface area contributed by atoms with Gasteiger partial charge in [0.15, 0.2) is 6.10 Å². The molecular formula is C75H128O6. The molecule has 0 saturated carbocycles. The first-order chi connectivity index (χ1) is 40.0. The highest BCUT2D eigenvalue weighted by atomic mass is 16.6. The summed E-state index contributed by atoms with van der Waals surface area (Å²) in [6.45, 7) is 6.53. The summed E-state index contributed by atoms with van der Waals surface area (Å²) in [5.74, 6) is -0.925. The molecule has 0 rings (SSSR count). The molecule has 464 valence electrons. The Hall–Kier alpha value is -3.93. The number of esters is 3. The van der Waals surface area contributed by atoms with Crippen LogP contribution in [0.15, 0.2) is 109 Å². The van der Waals surface area contributed by atoms with Gasteiger partial charge in [-0.05, 0) is 109 Å². The van der Waals surface area contributed by atoms with Gasteiger partial charge in [0.2, 0.25) is 0 Å². The zero-order valence-electron chi connectivity index (χ0n) is 53.3. The Morgan fingerprint density at radius 3 is 0.790 bits per heavy atom. The van der Waals surface area contributed by atoms with Crippen molar-refractivity contribution in [2.45, 2.75) is 335 Å². The minimum atomic E-state index is -0.799. The van der Waals surface area contributed by atoms with Gasteiger partial charge < -0.3 is 14.2 Å². The fourth-order valence-corrected chi connectivity index (χ4v) is 9.63. The lowest BCUT2D eigenvalue weighted by Crippen LogP contribution is -2.30. The van der Waals surface area contributed by atoms with Gasteiger partial charge in [0.1, 0.15) is 13.2 Å². The molecule has 0 N–H and O–H groups in total. The average Bonchev–Trinajstić information content (AvgIpc) is 3.47. The van der Waals surface area contributed by atoms with Gasteiger partial charge in [-0.25, -0.2) is 0 Å². The van der Waals surface area contributed by atoms with E-state index in [1.807, 2.05) is 0 Å². The van der Waals surface area contributed by atoms with E-state index in [1.54, 1.807) is 0 Å². The molecule has 1 atom stereocenters. The third kappa shape index (κ3) is 66.8. The normalized spacial score (nSPS) is 12.8. The van der Waals surface area contributed by atoms with E-state index in [4.69, 9.17) is 14.2 Å². The van der Waals surface area contributed by atoms with Crippen LogP contribution in [-0.4, -0.2) is 37.2 Å². The van der Waals surface area contributed by atoms with Crippen LogP contribution in [0.2, 0.25) is 0 Å². The first-order valence-corrected chi connectivity index (χ1v) is 34.4. The topological polar surface area (TPSA) is 78.9 Å². The molecule has 0 bridgehead atoms. The molecular weight excluding hydrogens is 997 g/mol. The second-order valence-electron chi connectivity index (χ2n) is 22.7. The fraction of sp³-hybridized carbons (Fsp3) is 0.720. The molecule has 0 aromatic heterocycles. The maximum absolute atomic E-state index is 12.9. The highest BCUT2D eigenvalue weighted by Gasteiger charge is 2.19. The molecule has 0 amide bonds. The minimum Gasteiger partial charge on any atom is -0.462 e. The molecule has 0 radical (unpaired) electrons. The zero-order chi connectivity index (χ0) is 58.5. The second kappa shape index (κ2) is 68.6. The van der Waals surface area contributed by atoms with Gasteiger partial charge in [0, 0.05) is 19.3 Å². The van der Waals surface area contributed by atoms with Crippen LogP contribution in [0.5, 0.6) is 0 Å². The van der Waals surface area contributed by atoms with Crippen LogP contribution in [0.25, 0.3) is 0 Å². The van der Waals surface area contributed by atoms with E-state index in [-0.39, 0.29) is 31.1 Å². The molecule has 0 heterocycles. The zero-order valence-corrected chi connectivity index (χ0v) is 53.3. The molecule has 0 aliphatic rings. The van der Waals surface area contributed by atoms with Crippen molar-refractivity contribution in [3.05, 3.63) is 109 Å². The molecule has 0 aliphatic carbocycles. The summed E-state index contributed by atoms with van der Waals surface area (Å²) < 4.78 is 16.9. The van der Waals surface area contributed by atoms with Gasteiger partial charge in [-0.3, -0.25) is 14.4 Å². The van der Waals surface area contributed by atoms with Crippen molar-refractivity contribution in [2.75, 3.05) is 13.2 Å². The van der Waals surface area contributed by atoms with Gasteiger partial charge in [-0.15, -0.1) is 0 Å². The Bertz CT molecular complexity index is 1620. The quantitative estimate of drug-likeness (QED) is 0.0261. The molecule has 81 heavy (non-hydrogen) atoms. The number of ether oxygens (including phenoxy) is 3. The highest BCUT2D eigenvalue weighted by molar-refractivity contribution is 5.71. The Morgan fingerprint density at radius 2 is 0.481 bits per heavy atom. The van der Waals surface area contributed by atoms with Crippen LogP contribution in [0.3, 0.4) is 0 Å². The Labute approximate surface area is 501 Å². The molecule has 1 unspecified atom stereocenters. The molecule has 0 aromatic rings. The van der Waals surface area contributed by atoms with Crippen molar-refractivity contribution in [1.29, 1.82) is 0 Å². The molecule has 0 spiro atoms. The first-order valence-electron chi connectivity index (χ1n) is 34.4. The summed E-state index contributed by atoms with van der Waals surface area (Å²) in [6.07, 6.45) is 93.9. The molecule has 0 saturated heterocycles. The van der Waals surface area contributed by atoms with Gasteiger partial charge in [0.25, 0.3) is 0 Å². The Balaban J connectivity index is 4.43. The van der Waals surface area contributed by atoms with Crippen LogP contribution in [0.1, 0.15) is 329 Å². The lowest BCUT2D eigenvalue weighted by molar-refractivity contribution is -0.167. The summed E-state index contributed by atoms with van der Waals surface area (Å²) in [5.41, 5.74) is 0. The summed E-state index contributed by atoms with van der Waals surface area (Å²) in [6, 6.07) is 0. The maximum Gasteiger partial charge on any atom is 0.306 e. The number of allylic oxidation sites excluding steroid dienone is 18. The summed E-state index contributed by atoms with van der Waals surface area (Å²) in [7, 11) is 0. The number of rotatable bonds is 62. The number of unbranched alkanes of at least 4 members (excludes halogenated alkanes) is 33. The van der Waals surface area contributed by atoms with E-state index >= 15 is 0 Å². The molecule has 0 fully saturated rings. The summed E-state index contributed by atoms with van der Waals surface area (Å²) in [5, 5.41) is 0. The molecule has 6 nitrogen and oxygen atoms in total. The maximum atomic E-state index is 12.9. The van der Waals surface area contributed by atoms with E-state index in [0.29, 0.717) is 19.3 Å². The molecule has 0 aliphatic heterocycles. The van der Waals surface area contributed by atoms with Crippen molar-refractivity contribution in [3.63, 3.8) is 0 Å². The van der Waals surface area contributed by atoms with Crippen LogP contribution in [0.4, 0.5) is 0 Å². The third-order valence-corrected chi connectivity index (χ3v) is 14.8. The van der Waals surface area contributed by atoms with Crippen molar-refractivity contribution in [1.82, 2.24) is 0 Å². The van der Waals surface area contributed by atoms with Gasteiger partial charge in [-0.2, -0.15) is 0 Å². The van der Waals surface area contributed by atoms with Crippen molar-refractivity contribution in [3.8, 4) is 0 Å². The Kier molecular flexibility index (Phi) is 65.2. The van der Waals surface area contributed by atoms with Gasteiger partial charge >= 0.3 is 17.9 Å². The SMILES string of the molecule is CC/C=C\C/C=C\C/C=C\C/C=C\C/C=C\C/C=C\C/C=C\C/C=C\CCCCC(=O)OCC(COC(=O)CCCCCCCCCCCCCCCCC)OC(=O)CCCCCCCCCCC/C=C\CCCCCCCCCC. The minimum absolute atomic E-state index is 0.0905. The second-order valence-corrected chi connectivity index (χ2v) is 22.7. The lowest BCUT2D eigenvalue weighted by atomic mass is 10.0. The number of hydrogen-bond acceptors (Lipinski definition) is 6. The number of hydrogen-bond donors (Lipinski definition) is 0. The van der Waals surface area contributed by atoms with E-state index in [0.717, 1.165) is 109 Å². The van der Waals surface area contributed by atoms with E-state index in [1.165, 1.54) is 180 Å². The van der Waals surface area contributed by atoms with Crippen molar-refractivity contribution >= 4 is 17.9 Å². The van der Waals surface area contributed by atoms with Crippen LogP contribution in [-0.2, 0) is 28.6 Å². The van der Waals surface area contributed by atoms with Crippen molar-refractivity contribution in [2.24, 2.45) is 0 Å². The summed E-state index contributed by atoms with van der Waals surface area (Å²) >= 11 is 0. The van der Waals surface area contributed by atoms with Crippen molar-refractivity contribution < 1.29 is 28.6 Å². The molecule has 0 aromatic carbocycles. The van der Waals surface area contributed by atoms with Gasteiger partial charge in [0.05, 0.1) is 0 Å². The van der Waals surface area contributed by atoms with E-state index in [9.17, 15) is 14.4 Å². The van der Waals surface area contributed by atoms with E-state index < -0.39 is 6.10 Å².